The molecule has 0 saturated carbocycles. The lowest BCUT2D eigenvalue weighted by atomic mass is 9.87. The monoisotopic (exact) mass is 377 g/mol. The van der Waals surface area contributed by atoms with E-state index in [1.807, 2.05) is 25.7 Å². The number of hydrogen-bond acceptors (Lipinski definition) is 5. The molecule has 0 radical (unpaired) electrons. The maximum Gasteiger partial charge on any atom is 0.410 e. The van der Waals surface area contributed by atoms with Crippen molar-refractivity contribution in [2.75, 3.05) is 43.9 Å². The van der Waals surface area contributed by atoms with Crippen molar-refractivity contribution in [2.45, 2.75) is 59.0 Å². The third-order valence-electron chi connectivity index (χ3n) is 5.07. The number of nitrogen functional groups attached to an aromatic ring is 1. The molecule has 1 amide bonds. The van der Waals surface area contributed by atoms with Crippen LogP contribution in [0.1, 0.15) is 58.9 Å². The Kier molecular flexibility index (Phi) is 6.84. The number of ether oxygens (including phenoxy) is 2. The first-order chi connectivity index (χ1) is 12.7. The first-order valence-corrected chi connectivity index (χ1v) is 9.90. The first kappa shape index (κ1) is 21.2. The van der Waals surface area contributed by atoms with E-state index in [1.165, 1.54) is 11.3 Å². The highest BCUT2D eigenvalue weighted by Crippen LogP contribution is 2.40. The molecule has 6 heteroatoms. The summed E-state index contributed by atoms with van der Waals surface area (Å²) in [4.78, 5) is 16.5. The Balaban J connectivity index is 2.19. The smallest absolute Gasteiger partial charge is 0.410 e. The Hall–Kier alpha value is -2.11. The third kappa shape index (κ3) is 5.21. The minimum Gasteiger partial charge on any atom is -0.495 e. The van der Waals surface area contributed by atoms with E-state index in [9.17, 15) is 4.79 Å². The fourth-order valence-corrected chi connectivity index (χ4v) is 3.64. The third-order valence-corrected chi connectivity index (χ3v) is 5.07. The van der Waals surface area contributed by atoms with Crippen molar-refractivity contribution in [3.8, 4) is 5.75 Å². The molecule has 152 valence electrons. The summed E-state index contributed by atoms with van der Waals surface area (Å²) in [6.45, 7) is 13.2. The summed E-state index contributed by atoms with van der Waals surface area (Å²) in [5, 5.41) is 0. The maximum absolute atomic E-state index is 12.3. The average Bonchev–Trinajstić information content (AvgIpc) is 2.62. The van der Waals surface area contributed by atoms with Gasteiger partial charge in [0.05, 0.1) is 12.8 Å². The van der Waals surface area contributed by atoms with Crippen LogP contribution < -0.4 is 15.4 Å². The molecule has 1 saturated heterocycles. The Morgan fingerprint density at radius 1 is 1.22 bits per heavy atom. The molecule has 0 aromatic heterocycles. The highest BCUT2D eigenvalue weighted by molar-refractivity contribution is 5.69. The van der Waals surface area contributed by atoms with Gasteiger partial charge in [0.2, 0.25) is 0 Å². The van der Waals surface area contributed by atoms with E-state index in [4.69, 9.17) is 15.2 Å². The van der Waals surface area contributed by atoms with Gasteiger partial charge in [0.1, 0.15) is 11.4 Å². The molecule has 0 bridgehead atoms. The number of hydrogen-bond donors (Lipinski definition) is 1. The normalized spacial score (nSPS) is 15.6. The minimum absolute atomic E-state index is 0.223. The summed E-state index contributed by atoms with van der Waals surface area (Å²) in [5.74, 6) is 1.08. The van der Waals surface area contributed by atoms with Crippen molar-refractivity contribution in [3.05, 3.63) is 17.7 Å². The Morgan fingerprint density at radius 3 is 2.30 bits per heavy atom. The Bertz CT molecular complexity index is 643. The van der Waals surface area contributed by atoms with E-state index in [0.717, 1.165) is 25.9 Å². The molecule has 0 spiro atoms. The number of methoxy groups -OCH3 is 1. The molecule has 1 aromatic carbocycles. The molecule has 0 unspecified atom stereocenters. The molecule has 1 aliphatic rings. The highest BCUT2D eigenvalue weighted by atomic mass is 16.6. The number of nitrogens with zero attached hydrogens (tertiary/aromatic N) is 2. The van der Waals surface area contributed by atoms with Gasteiger partial charge in [-0.15, -0.1) is 0 Å². The fourth-order valence-electron chi connectivity index (χ4n) is 3.64. The molecule has 0 atom stereocenters. The fraction of sp³-hybridized carbons (Fsp3) is 0.667. The van der Waals surface area contributed by atoms with Gasteiger partial charge >= 0.3 is 6.09 Å². The number of likely N-dealkylation sites (tertiary alicyclic amines) is 1. The van der Waals surface area contributed by atoms with Gasteiger partial charge in [-0.25, -0.2) is 4.79 Å². The van der Waals surface area contributed by atoms with Crippen molar-refractivity contribution in [1.29, 1.82) is 0 Å². The van der Waals surface area contributed by atoms with Crippen molar-refractivity contribution >= 4 is 17.5 Å². The van der Waals surface area contributed by atoms with E-state index in [1.54, 1.807) is 7.11 Å². The van der Waals surface area contributed by atoms with Gasteiger partial charge in [-0.1, -0.05) is 0 Å². The minimum atomic E-state index is -0.464. The van der Waals surface area contributed by atoms with Gasteiger partial charge in [0.15, 0.2) is 0 Å². The number of carbonyl (C=O) groups is 1. The van der Waals surface area contributed by atoms with Crippen molar-refractivity contribution in [1.82, 2.24) is 4.90 Å². The number of nitrogens with two attached hydrogens (primary N) is 1. The van der Waals surface area contributed by atoms with Gasteiger partial charge in [-0.2, -0.15) is 0 Å². The largest absolute Gasteiger partial charge is 0.495 e. The van der Waals surface area contributed by atoms with Crippen LogP contribution in [0.25, 0.3) is 0 Å². The standard InChI is InChI=1S/C21H35N3O3/c1-7-23(8-2)18-14-19(26-6)17(22)13-16(18)15-9-11-24(12-10-15)20(25)27-21(3,4)5/h13-15H,7-12,22H2,1-6H3. The molecule has 1 aliphatic heterocycles. The molecule has 0 aliphatic carbocycles. The quantitative estimate of drug-likeness (QED) is 0.778. The molecule has 27 heavy (non-hydrogen) atoms. The Morgan fingerprint density at radius 2 is 1.81 bits per heavy atom. The zero-order chi connectivity index (χ0) is 20.2. The lowest BCUT2D eigenvalue weighted by molar-refractivity contribution is 0.0205. The number of anilines is 2. The maximum atomic E-state index is 12.3. The van der Waals surface area contributed by atoms with Gasteiger partial charge in [-0.05, 0) is 65.0 Å². The number of carbonyl (C=O) groups excluding carboxylic acids is 1. The second kappa shape index (κ2) is 8.72. The predicted molar refractivity (Wildman–Crippen MR) is 111 cm³/mol. The van der Waals surface area contributed by atoms with Crippen LogP contribution in [0, 0.1) is 0 Å². The number of piperidine rings is 1. The van der Waals surface area contributed by atoms with Crippen LogP contribution in [0.2, 0.25) is 0 Å². The predicted octanol–water partition coefficient (Wildman–Crippen LogP) is 4.24. The first-order valence-electron chi connectivity index (χ1n) is 9.90. The van der Waals surface area contributed by atoms with Crippen LogP contribution in [0.4, 0.5) is 16.2 Å². The van der Waals surface area contributed by atoms with Crippen molar-refractivity contribution in [3.63, 3.8) is 0 Å². The molecule has 1 aromatic rings. The van der Waals surface area contributed by atoms with Gasteiger partial charge < -0.3 is 25.0 Å². The topological polar surface area (TPSA) is 68.0 Å². The summed E-state index contributed by atoms with van der Waals surface area (Å²) in [7, 11) is 1.65. The summed E-state index contributed by atoms with van der Waals surface area (Å²) in [6.07, 6.45) is 1.58. The van der Waals surface area contributed by atoms with Crippen molar-refractivity contribution in [2.24, 2.45) is 0 Å². The van der Waals surface area contributed by atoms with Crippen LogP contribution in [0.15, 0.2) is 12.1 Å². The second-order valence-corrected chi connectivity index (χ2v) is 8.07. The van der Waals surface area contributed by atoms with Crippen LogP contribution in [0.3, 0.4) is 0 Å². The van der Waals surface area contributed by atoms with Crippen LogP contribution in [0.5, 0.6) is 5.75 Å². The highest BCUT2D eigenvalue weighted by Gasteiger charge is 2.29. The Labute approximate surface area is 163 Å². The summed E-state index contributed by atoms with van der Waals surface area (Å²) >= 11 is 0. The van der Waals surface area contributed by atoms with Crippen molar-refractivity contribution < 1.29 is 14.3 Å². The average molecular weight is 378 g/mol. The van der Waals surface area contributed by atoms with E-state index < -0.39 is 5.60 Å². The van der Waals surface area contributed by atoms with E-state index in [-0.39, 0.29) is 6.09 Å². The molecule has 6 nitrogen and oxygen atoms in total. The van der Waals surface area contributed by atoms with Gasteiger partial charge in [0.25, 0.3) is 0 Å². The van der Waals surface area contributed by atoms with Gasteiger partial charge in [0, 0.05) is 37.9 Å². The number of rotatable bonds is 5. The van der Waals surface area contributed by atoms with Crippen LogP contribution in [-0.2, 0) is 4.74 Å². The number of benzene rings is 1. The van der Waals surface area contributed by atoms with E-state index in [2.05, 4.69) is 30.9 Å². The lowest BCUT2D eigenvalue weighted by Gasteiger charge is -2.35. The van der Waals surface area contributed by atoms with Gasteiger partial charge in [-0.3, -0.25) is 0 Å². The van der Waals surface area contributed by atoms with E-state index >= 15 is 0 Å². The van der Waals surface area contributed by atoms with Crippen LogP contribution in [-0.4, -0.2) is 49.9 Å². The van der Waals surface area contributed by atoms with Crippen LogP contribution >= 0.6 is 0 Å². The summed E-state index contributed by atoms with van der Waals surface area (Å²) < 4.78 is 10.9. The SMILES string of the molecule is CCN(CC)c1cc(OC)c(N)cc1C1CCN(C(=O)OC(C)(C)C)CC1. The lowest BCUT2D eigenvalue weighted by Crippen LogP contribution is -2.41. The molecular weight excluding hydrogens is 342 g/mol. The van der Waals surface area contributed by atoms with E-state index in [0.29, 0.717) is 30.4 Å². The molecule has 2 N–H and O–H groups in total. The number of amides is 1. The second-order valence-electron chi connectivity index (χ2n) is 8.07. The molecule has 2 rings (SSSR count). The molecule has 1 fully saturated rings. The molecule has 1 heterocycles. The summed E-state index contributed by atoms with van der Waals surface area (Å²) in [5.41, 5.74) is 8.84. The zero-order valence-corrected chi connectivity index (χ0v) is 17.7. The molecular formula is C21H35N3O3. The zero-order valence-electron chi connectivity index (χ0n) is 17.7. The summed E-state index contributed by atoms with van der Waals surface area (Å²) in [6, 6.07) is 4.11.